The number of thiophene rings is 1. The van der Waals surface area contributed by atoms with Crippen LogP contribution in [0, 0.1) is 12.8 Å². The second-order valence-electron chi connectivity index (χ2n) is 8.37. The van der Waals surface area contributed by atoms with Gasteiger partial charge < -0.3 is 5.32 Å². The molecule has 5 nitrogen and oxygen atoms in total. The van der Waals surface area contributed by atoms with Crippen molar-refractivity contribution in [1.82, 2.24) is 9.55 Å². The molecule has 1 atom stereocenters. The number of nitrogens with one attached hydrogen (secondary N) is 1. The highest BCUT2D eigenvalue weighted by Gasteiger charge is 2.24. The van der Waals surface area contributed by atoms with Crippen LogP contribution in [0.5, 0.6) is 0 Å². The van der Waals surface area contributed by atoms with Gasteiger partial charge in [0.15, 0.2) is 0 Å². The first-order valence-corrected chi connectivity index (χ1v) is 11.1. The zero-order valence-electron chi connectivity index (χ0n) is 17.4. The van der Waals surface area contributed by atoms with Crippen molar-refractivity contribution in [3.63, 3.8) is 0 Å². The van der Waals surface area contributed by atoms with Crippen LogP contribution in [0.4, 0.5) is 5.69 Å². The van der Waals surface area contributed by atoms with Crippen molar-refractivity contribution in [2.45, 2.75) is 59.4 Å². The molecule has 0 saturated heterocycles. The summed E-state index contributed by atoms with van der Waals surface area (Å²) in [7, 11) is 0. The van der Waals surface area contributed by atoms with E-state index in [-0.39, 0.29) is 18.0 Å². The third-order valence-electron chi connectivity index (χ3n) is 5.76. The Bertz CT molecular complexity index is 1140. The topological polar surface area (TPSA) is 64.0 Å². The lowest BCUT2D eigenvalue weighted by Gasteiger charge is -2.17. The lowest BCUT2D eigenvalue weighted by Crippen LogP contribution is -2.30. The molecule has 6 heteroatoms. The summed E-state index contributed by atoms with van der Waals surface area (Å²) in [6.45, 7) is 8.22. The molecule has 4 rings (SSSR count). The molecular weight excluding hydrogens is 382 g/mol. The Labute approximate surface area is 174 Å². The van der Waals surface area contributed by atoms with Crippen LogP contribution in [0.25, 0.3) is 10.2 Å². The molecule has 29 heavy (non-hydrogen) atoms. The lowest BCUT2D eigenvalue weighted by atomic mass is 9.89. The summed E-state index contributed by atoms with van der Waals surface area (Å²) in [5.74, 6) is 1.32. The third kappa shape index (κ3) is 3.73. The maximum atomic E-state index is 13.3. The van der Waals surface area contributed by atoms with E-state index >= 15 is 0 Å². The van der Waals surface area contributed by atoms with E-state index in [2.05, 4.69) is 31.1 Å². The van der Waals surface area contributed by atoms with E-state index < -0.39 is 0 Å². The number of rotatable bonds is 4. The highest BCUT2D eigenvalue weighted by atomic mass is 32.1. The van der Waals surface area contributed by atoms with E-state index in [9.17, 15) is 9.59 Å². The maximum absolute atomic E-state index is 13.3. The Hall–Kier alpha value is -2.47. The van der Waals surface area contributed by atoms with Gasteiger partial charge in [0.05, 0.1) is 5.39 Å². The first kappa shape index (κ1) is 19.8. The first-order chi connectivity index (χ1) is 13.8. The zero-order valence-corrected chi connectivity index (χ0v) is 18.2. The molecule has 1 aromatic carbocycles. The van der Waals surface area contributed by atoms with Crippen molar-refractivity contribution in [2.24, 2.45) is 5.92 Å². The molecule has 0 saturated carbocycles. The standard InChI is InChI=1S/C23H27N3O2S/c1-13(2)16-7-5-6-8-18(16)25-20(27)12-26-15(4)24-22-21(23(26)28)17-10-9-14(3)11-19(17)29-22/h5-8,13-14H,9-12H2,1-4H3,(H,25,27). The van der Waals surface area contributed by atoms with Gasteiger partial charge in [0.25, 0.3) is 5.56 Å². The summed E-state index contributed by atoms with van der Waals surface area (Å²) < 4.78 is 1.51. The first-order valence-electron chi connectivity index (χ1n) is 10.3. The Morgan fingerprint density at radius 1 is 1.34 bits per heavy atom. The number of para-hydroxylation sites is 1. The van der Waals surface area contributed by atoms with Crippen molar-refractivity contribution in [2.75, 3.05) is 5.32 Å². The molecule has 1 aliphatic rings. The minimum atomic E-state index is -0.206. The molecule has 0 bridgehead atoms. The molecule has 1 N–H and O–H groups in total. The fourth-order valence-corrected chi connectivity index (χ4v) is 5.58. The van der Waals surface area contributed by atoms with Crippen molar-refractivity contribution in [3.05, 3.63) is 56.4 Å². The van der Waals surface area contributed by atoms with E-state index in [0.717, 1.165) is 46.3 Å². The van der Waals surface area contributed by atoms with Crippen molar-refractivity contribution < 1.29 is 4.79 Å². The lowest BCUT2D eigenvalue weighted by molar-refractivity contribution is -0.116. The molecule has 0 radical (unpaired) electrons. The van der Waals surface area contributed by atoms with Crippen LogP contribution in [-0.4, -0.2) is 15.5 Å². The van der Waals surface area contributed by atoms with E-state index in [1.807, 2.05) is 24.3 Å². The van der Waals surface area contributed by atoms with Gasteiger partial charge in [-0.15, -0.1) is 11.3 Å². The molecular formula is C23H27N3O2S. The number of benzene rings is 1. The summed E-state index contributed by atoms with van der Waals surface area (Å²) in [5, 5.41) is 3.70. The number of amides is 1. The molecule has 3 aromatic rings. The molecule has 0 aliphatic heterocycles. The molecule has 1 unspecified atom stereocenters. The molecule has 0 spiro atoms. The van der Waals surface area contributed by atoms with Crippen LogP contribution in [0.1, 0.15) is 54.9 Å². The zero-order chi connectivity index (χ0) is 20.7. The number of aromatic nitrogens is 2. The van der Waals surface area contributed by atoms with Gasteiger partial charge in [0, 0.05) is 10.6 Å². The average Bonchev–Trinajstić information content (AvgIpc) is 3.02. The number of fused-ring (bicyclic) bond motifs is 3. The van der Waals surface area contributed by atoms with Gasteiger partial charge in [-0.3, -0.25) is 14.2 Å². The number of hydrogen-bond acceptors (Lipinski definition) is 4. The van der Waals surface area contributed by atoms with E-state index in [4.69, 9.17) is 0 Å². The molecule has 1 aliphatic carbocycles. The molecule has 0 fully saturated rings. The monoisotopic (exact) mass is 409 g/mol. The molecule has 152 valence electrons. The molecule has 1 amide bonds. The summed E-state index contributed by atoms with van der Waals surface area (Å²) >= 11 is 1.64. The molecule has 2 aromatic heterocycles. The Kier molecular flexibility index (Phi) is 5.30. The number of hydrogen-bond donors (Lipinski definition) is 1. The summed E-state index contributed by atoms with van der Waals surface area (Å²) in [4.78, 5) is 32.8. The van der Waals surface area contributed by atoms with Crippen molar-refractivity contribution in [1.29, 1.82) is 0 Å². The number of nitrogens with zero attached hydrogens (tertiary/aromatic N) is 2. The largest absolute Gasteiger partial charge is 0.324 e. The maximum Gasteiger partial charge on any atom is 0.263 e. The van der Waals surface area contributed by atoms with Gasteiger partial charge in [0.1, 0.15) is 17.2 Å². The average molecular weight is 410 g/mol. The van der Waals surface area contributed by atoms with Crippen LogP contribution in [-0.2, 0) is 24.2 Å². The van der Waals surface area contributed by atoms with Crippen molar-refractivity contribution >= 4 is 33.1 Å². The van der Waals surface area contributed by atoms with Gasteiger partial charge in [-0.2, -0.15) is 0 Å². The van der Waals surface area contributed by atoms with Gasteiger partial charge in [-0.05, 0) is 55.2 Å². The molecule has 2 heterocycles. The second kappa shape index (κ2) is 7.75. The predicted octanol–water partition coefficient (Wildman–Crippen LogP) is 4.65. The number of carbonyl (C=O) groups is 1. The number of carbonyl (C=O) groups excluding carboxylic acids is 1. The highest BCUT2D eigenvalue weighted by Crippen LogP contribution is 2.35. The van der Waals surface area contributed by atoms with E-state index in [0.29, 0.717) is 17.7 Å². The fourth-order valence-electron chi connectivity index (χ4n) is 4.16. The van der Waals surface area contributed by atoms with E-state index in [1.165, 1.54) is 9.44 Å². The van der Waals surface area contributed by atoms with Gasteiger partial charge >= 0.3 is 0 Å². The van der Waals surface area contributed by atoms with Gasteiger partial charge in [0.2, 0.25) is 5.91 Å². The highest BCUT2D eigenvalue weighted by molar-refractivity contribution is 7.18. The quantitative estimate of drug-likeness (QED) is 0.682. The third-order valence-corrected chi connectivity index (χ3v) is 6.91. The fraction of sp³-hybridized carbons (Fsp3) is 0.435. The van der Waals surface area contributed by atoms with Gasteiger partial charge in [-0.1, -0.05) is 39.0 Å². The van der Waals surface area contributed by atoms with Crippen LogP contribution in [0.2, 0.25) is 0 Å². The van der Waals surface area contributed by atoms with E-state index in [1.54, 1.807) is 18.3 Å². The van der Waals surface area contributed by atoms with Gasteiger partial charge in [-0.25, -0.2) is 4.98 Å². The summed E-state index contributed by atoms with van der Waals surface area (Å²) in [6, 6.07) is 7.80. The Balaban J connectivity index is 1.66. The van der Waals surface area contributed by atoms with Crippen LogP contribution >= 0.6 is 11.3 Å². The number of anilines is 1. The SMILES string of the molecule is Cc1nc2sc3c(c2c(=O)n1CC(=O)Nc1ccccc1C(C)C)CCC(C)C3. The minimum Gasteiger partial charge on any atom is -0.324 e. The van der Waals surface area contributed by atoms with Crippen LogP contribution in [0.15, 0.2) is 29.1 Å². The smallest absolute Gasteiger partial charge is 0.263 e. The minimum absolute atomic E-state index is 0.0267. The second-order valence-corrected chi connectivity index (χ2v) is 9.46. The Morgan fingerprint density at radius 2 is 2.10 bits per heavy atom. The van der Waals surface area contributed by atoms with Crippen molar-refractivity contribution in [3.8, 4) is 0 Å². The Morgan fingerprint density at radius 3 is 2.86 bits per heavy atom. The van der Waals surface area contributed by atoms with Crippen LogP contribution < -0.4 is 10.9 Å². The normalized spacial score (nSPS) is 16.2. The van der Waals surface area contributed by atoms with Crippen LogP contribution in [0.3, 0.4) is 0 Å². The number of aryl methyl sites for hydroxylation is 2. The summed E-state index contributed by atoms with van der Waals surface area (Å²) in [5.41, 5.74) is 2.94. The predicted molar refractivity (Wildman–Crippen MR) is 119 cm³/mol. The summed E-state index contributed by atoms with van der Waals surface area (Å²) in [6.07, 6.45) is 3.03.